The Labute approximate surface area is 127 Å². The average molecular weight is 288 g/mol. The van der Waals surface area contributed by atoms with Crippen LogP contribution in [0.4, 0.5) is 0 Å². The lowest BCUT2D eigenvalue weighted by Crippen LogP contribution is -2.27. The van der Waals surface area contributed by atoms with Gasteiger partial charge in [-0.25, -0.2) is 0 Å². The van der Waals surface area contributed by atoms with Crippen molar-refractivity contribution in [3.05, 3.63) is 23.3 Å². The second-order valence-electron chi connectivity index (χ2n) is 5.32. The first kappa shape index (κ1) is 15.7. The lowest BCUT2D eigenvalue weighted by atomic mass is 10.0. The Morgan fingerprint density at radius 2 is 2.10 bits per heavy atom. The SMILES string of the molecule is CCOc1cc2c(cc1C(C#N)N(CC)CC)OC(C)C2. The third-order valence-electron chi connectivity index (χ3n) is 3.92. The molecule has 1 aromatic carbocycles. The molecule has 2 unspecified atom stereocenters. The van der Waals surface area contributed by atoms with Gasteiger partial charge in [-0.3, -0.25) is 4.90 Å². The maximum Gasteiger partial charge on any atom is 0.127 e. The highest BCUT2D eigenvalue weighted by atomic mass is 16.5. The van der Waals surface area contributed by atoms with Crippen LogP contribution in [0.15, 0.2) is 12.1 Å². The molecule has 114 valence electrons. The van der Waals surface area contributed by atoms with E-state index in [1.807, 2.05) is 19.1 Å². The van der Waals surface area contributed by atoms with Gasteiger partial charge in [-0.05, 0) is 39.1 Å². The Kier molecular flexibility index (Phi) is 5.08. The normalized spacial score (nSPS) is 18.0. The summed E-state index contributed by atoms with van der Waals surface area (Å²) < 4.78 is 11.6. The molecule has 21 heavy (non-hydrogen) atoms. The minimum Gasteiger partial charge on any atom is -0.493 e. The van der Waals surface area contributed by atoms with Gasteiger partial charge in [0.2, 0.25) is 0 Å². The molecule has 0 N–H and O–H groups in total. The van der Waals surface area contributed by atoms with Gasteiger partial charge in [-0.1, -0.05) is 13.8 Å². The lowest BCUT2D eigenvalue weighted by molar-refractivity contribution is 0.246. The van der Waals surface area contributed by atoms with E-state index in [2.05, 4.69) is 31.7 Å². The number of hydrogen-bond acceptors (Lipinski definition) is 4. The van der Waals surface area contributed by atoms with Crippen molar-refractivity contribution in [1.29, 1.82) is 5.26 Å². The van der Waals surface area contributed by atoms with E-state index in [0.717, 1.165) is 36.6 Å². The van der Waals surface area contributed by atoms with E-state index >= 15 is 0 Å². The fourth-order valence-corrected chi connectivity index (χ4v) is 2.89. The minimum atomic E-state index is -0.300. The minimum absolute atomic E-state index is 0.193. The van der Waals surface area contributed by atoms with Crippen molar-refractivity contribution >= 4 is 0 Å². The highest BCUT2D eigenvalue weighted by molar-refractivity contribution is 5.51. The molecule has 1 aliphatic heterocycles. The molecule has 0 bridgehead atoms. The quantitative estimate of drug-likeness (QED) is 0.805. The van der Waals surface area contributed by atoms with E-state index < -0.39 is 0 Å². The fourth-order valence-electron chi connectivity index (χ4n) is 2.89. The Morgan fingerprint density at radius 3 is 2.67 bits per heavy atom. The van der Waals surface area contributed by atoms with Crippen LogP contribution in [0.3, 0.4) is 0 Å². The van der Waals surface area contributed by atoms with Crippen LogP contribution in [0.5, 0.6) is 11.5 Å². The molecule has 0 amide bonds. The third kappa shape index (κ3) is 3.14. The number of benzene rings is 1. The number of ether oxygens (including phenoxy) is 2. The maximum atomic E-state index is 9.62. The highest BCUT2D eigenvalue weighted by Gasteiger charge is 2.27. The largest absolute Gasteiger partial charge is 0.493 e. The van der Waals surface area contributed by atoms with Crippen molar-refractivity contribution in [3.63, 3.8) is 0 Å². The van der Waals surface area contributed by atoms with Crippen LogP contribution in [0, 0.1) is 11.3 Å². The molecule has 0 saturated carbocycles. The van der Waals surface area contributed by atoms with E-state index in [1.54, 1.807) is 0 Å². The van der Waals surface area contributed by atoms with Crippen molar-refractivity contribution in [1.82, 2.24) is 4.90 Å². The van der Waals surface area contributed by atoms with E-state index in [0.29, 0.717) is 6.61 Å². The van der Waals surface area contributed by atoms with Gasteiger partial charge in [0, 0.05) is 17.5 Å². The molecule has 1 aliphatic rings. The number of nitriles is 1. The molecule has 1 aromatic rings. The highest BCUT2D eigenvalue weighted by Crippen LogP contribution is 2.39. The summed E-state index contributed by atoms with van der Waals surface area (Å²) >= 11 is 0. The first-order valence-corrected chi connectivity index (χ1v) is 7.74. The van der Waals surface area contributed by atoms with Crippen LogP contribution in [-0.4, -0.2) is 30.7 Å². The average Bonchev–Trinajstić information content (AvgIpc) is 2.83. The van der Waals surface area contributed by atoms with E-state index in [1.165, 1.54) is 5.56 Å². The summed E-state index contributed by atoms with van der Waals surface area (Å²) in [5, 5.41) is 9.62. The second kappa shape index (κ2) is 6.82. The van der Waals surface area contributed by atoms with Gasteiger partial charge in [-0.2, -0.15) is 5.26 Å². The summed E-state index contributed by atoms with van der Waals surface area (Å²) in [7, 11) is 0. The first-order valence-electron chi connectivity index (χ1n) is 7.74. The zero-order valence-corrected chi connectivity index (χ0v) is 13.3. The Hall–Kier alpha value is -1.73. The molecule has 0 aliphatic carbocycles. The number of hydrogen-bond donors (Lipinski definition) is 0. The van der Waals surface area contributed by atoms with Crippen LogP contribution < -0.4 is 9.47 Å². The molecule has 0 radical (unpaired) electrons. The maximum absolute atomic E-state index is 9.62. The monoisotopic (exact) mass is 288 g/mol. The molecule has 1 heterocycles. The topological polar surface area (TPSA) is 45.5 Å². The van der Waals surface area contributed by atoms with Gasteiger partial charge in [-0.15, -0.1) is 0 Å². The second-order valence-corrected chi connectivity index (χ2v) is 5.32. The first-order chi connectivity index (χ1) is 10.1. The van der Waals surface area contributed by atoms with E-state index in [9.17, 15) is 5.26 Å². The van der Waals surface area contributed by atoms with Crippen LogP contribution in [0.2, 0.25) is 0 Å². The Bertz CT molecular complexity index is 532. The van der Waals surface area contributed by atoms with Crippen LogP contribution >= 0.6 is 0 Å². The van der Waals surface area contributed by atoms with Crippen molar-refractivity contribution in [3.8, 4) is 17.6 Å². The Balaban J connectivity index is 2.45. The van der Waals surface area contributed by atoms with Crippen molar-refractivity contribution < 1.29 is 9.47 Å². The van der Waals surface area contributed by atoms with E-state index in [-0.39, 0.29) is 12.1 Å². The van der Waals surface area contributed by atoms with Gasteiger partial charge in [0.25, 0.3) is 0 Å². The summed E-state index contributed by atoms with van der Waals surface area (Å²) in [6, 6.07) is 6.16. The molecular weight excluding hydrogens is 264 g/mol. The smallest absolute Gasteiger partial charge is 0.127 e. The summed E-state index contributed by atoms with van der Waals surface area (Å²) in [5.41, 5.74) is 2.09. The van der Waals surface area contributed by atoms with Gasteiger partial charge in [0.05, 0.1) is 12.7 Å². The summed E-state index contributed by atoms with van der Waals surface area (Å²) in [6.45, 7) is 10.4. The van der Waals surface area contributed by atoms with Crippen molar-refractivity contribution in [2.45, 2.75) is 46.3 Å². The molecule has 2 rings (SSSR count). The molecule has 2 atom stereocenters. The predicted octanol–water partition coefficient (Wildman–Crippen LogP) is 3.32. The molecule has 4 nitrogen and oxygen atoms in total. The molecule has 0 saturated heterocycles. The molecule has 0 spiro atoms. The number of rotatable bonds is 6. The van der Waals surface area contributed by atoms with E-state index in [4.69, 9.17) is 9.47 Å². The van der Waals surface area contributed by atoms with Crippen molar-refractivity contribution in [2.75, 3.05) is 19.7 Å². The lowest BCUT2D eigenvalue weighted by Gasteiger charge is -2.26. The molecule has 0 fully saturated rings. The van der Waals surface area contributed by atoms with Gasteiger partial charge in [0.1, 0.15) is 23.6 Å². The van der Waals surface area contributed by atoms with Gasteiger partial charge in [0.15, 0.2) is 0 Å². The fraction of sp³-hybridized carbons (Fsp3) is 0.588. The van der Waals surface area contributed by atoms with Gasteiger partial charge < -0.3 is 9.47 Å². The summed E-state index contributed by atoms with van der Waals surface area (Å²) in [4.78, 5) is 2.13. The van der Waals surface area contributed by atoms with Crippen LogP contribution in [0.25, 0.3) is 0 Å². The van der Waals surface area contributed by atoms with Gasteiger partial charge >= 0.3 is 0 Å². The number of nitrogens with zero attached hydrogens (tertiary/aromatic N) is 2. The standard InChI is InChI=1S/C17H24N2O2/c1-5-19(6-2)15(11-18)14-10-16-13(8-12(4)21-16)9-17(14)20-7-3/h9-10,12,15H,5-8H2,1-4H3. The zero-order valence-electron chi connectivity index (χ0n) is 13.3. The Morgan fingerprint density at radius 1 is 1.38 bits per heavy atom. The zero-order chi connectivity index (χ0) is 15.4. The predicted molar refractivity (Wildman–Crippen MR) is 82.7 cm³/mol. The molecule has 0 aromatic heterocycles. The molecular formula is C17H24N2O2. The molecule has 4 heteroatoms. The van der Waals surface area contributed by atoms with Crippen LogP contribution in [-0.2, 0) is 6.42 Å². The van der Waals surface area contributed by atoms with Crippen molar-refractivity contribution in [2.24, 2.45) is 0 Å². The summed E-state index contributed by atoms with van der Waals surface area (Å²) in [6.07, 6.45) is 1.09. The van der Waals surface area contributed by atoms with Crippen LogP contribution in [0.1, 0.15) is 44.9 Å². The number of fused-ring (bicyclic) bond motifs is 1. The third-order valence-corrected chi connectivity index (χ3v) is 3.92. The summed E-state index contributed by atoms with van der Waals surface area (Å²) in [5.74, 6) is 1.71.